The van der Waals surface area contributed by atoms with Crippen molar-refractivity contribution in [3.8, 4) is 6.07 Å². The predicted octanol–water partition coefficient (Wildman–Crippen LogP) is 1.50. The average Bonchev–Trinajstić information content (AvgIpc) is 2.81. The van der Waals surface area contributed by atoms with Gasteiger partial charge in [-0.15, -0.1) is 0 Å². The fourth-order valence-corrected chi connectivity index (χ4v) is 1.63. The SMILES string of the molecule is CCc1cc(C(=O)Nc2ccc(C#N)cn2)n(C)n1. The van der Waals surface area contributed by atoms with Gasteiger partial charge in [0.2, 0.25) is 0 Å². The van der Waals surface area contributed by atoms with Crippen LogP contribution < -0.4 is 5.32 Å². The summed E-state index contributed by atoms with van der Waals surface area (Å²) in [7, 11) is 1.72. The molecule has 96 valence electrons. The summed E-state index contributed by atoms with van der Waals surface area (Å²) in [6, 6.07) is 6.91. The molecule has 0 aliphatic rings. The number of aryl methyl sites for hydroxylation is 2. The Morgan fingerprint density at radius 2 is 2.32 bits per heavy atom. The van der Waals surface area contributed by atoms with E-state index in [1.165, 1.54) is 10.9 Å². The third kappa shape index (κ3) is 2.77. The molecule has 0 aliphatic carbocycles. The van der Waals surface area contributed by atoms with Gasteiger partial charge in [0, 0.05) is 13.2 Å². The van der Waals surface area contributed by atoms with Crippen LogP contribution in [0.2, 0.25) is 0 Å². The van der Waals surface area contributed by atoms with Crippen molar-refractivity contribution in [2.75, 3.05) is 5.32 Å². The topological polar surface area (TPSA) is 83.6 Å². The van der Waals surface area contributed by atoms with E-state index in [0.717, 1.165) is 12.1 Å². The summed E-state index contributed by atoms with van der Waals surface area (Å²) in [5, 5.41) is 15.5. The highest BCUT2D eigenvalue weighted by molar-refractivity contribution is 6.02. The summed E-state index contributed by atoms with van der Waals surface area (Å²) in [4.78, 5) is 16.0. The van der Waals surface area contributed by atoms with Gasteiger partial charge in [0.25, 0.3) is 5.91 Å². The van der Waals surface area contributed by atoms with Crippen molar-refractivity contribution >= 4 is 11.7 Å². The number of carbonyl (C=O) groups is 1. The van der Waals surface area contributed by atoms with Crippen molar-refractivity contribution in [3.63, 3.8) is 0 Å². The summed E-state index contributed by atoms with van der Waals surface area (Å²) < 4.78 is 1.54. The van der Waals surface area contributed by atoms with Crippen LogP contribution >= 0.6 is 0 Å². The Labute approximate surface area is 110 Å². The molecule has 0 radical (unpaired) electrons. The fraction of sp³-hybridized carbons (Fsp3) is 0.231. The summed E-state index contributed by atoms with van der Waals surface area (Å²) >= 11 is 0. The highest BCUT2D eigenvalue weighted by Gasteiger charge is 2.13. The van der Waals surface area contributed by atoms with Crippen molar-refractivity contribution in [3.05, 3.63) is 41.3 Å². The minimum Gasteiger partial charge on any atom is -0.305 e. The van der Waals surface area contributed by atoms with Crippen molar-refractivity contribution in [2.24, 2.45) is 7.05 Å². The van der Waals surface area contributed by atoms with E-state index in [1.54, 1.807) is 25.2 Å². The molecule has 2 aromatic heterocycles. The molecule has 0 aromatic carbocycles. The molecule has 6 nitrogen and oxygen atoms in total. The van der Waals surface area contributed by atoms with E-state index in [9.17, 15) is 4.79 Å². The van der Waals surface area contributed by atoms with Crippen LogP contribution in [0.5, 0.6) is 0 Å². The highest BCUT2D eigenvalue weighted by atomic mass is 16.2. The van der Waals surface area contributed by atoms with Crippen LogP contribution in [-0.4, -0.2) is 20.7 Å². The maximum atomic E-state index is 12.0. The van der Waals surface area contributed by atoms with Gasteiger partial charge in [0.15, 0.2) is 0 Å². The predicted molar refractivity (Wildman–Crippen MR) is 69.5 cm³/mol. The smallest absolute Gasteiger partial charge is 0.275 e. The van der Waals surface area contributed by atoms with E-state index < -0.39 is 0 Å². The van der Waals surface area contributed by atoms with Gasteiger partial charge in [0.05, 0.1) is 11.3 Å². The minimum atomic E-state index is -0.271. The lowest BCUT2D eigenvalue weighted by Crippen LogP contribution is -2.16. The maximum absolute atomic E-state index is 12.0. The maximum Gasteiger partial charge on any atom is 0.275 e. The molecule has 1 amide bonds. The second kappa shape index (κ2) is 5.31. The number of anilines is 1. The van der Waals surface area contributed by atoms with E-state index in [-0.39, 0.29) is 5.91 Å². The van der Waals surface area contributed by atoms with Crippen molar-refractivity contribution in [2.45, 2.75) is 13.3 Å². The number of rotatable bonds is 3. The first-order valence-corrected chi connectivity index (χ1v) is 5.84. The van der Waals surface area contributed by atoms with E-state index in [1.807, 2.05) is 13.0 Å². The molecule has 2 heterocycles. The second-order valence-electron chi connectivity index (χ2n) is 4.00. The van der Waals surface area contributed by atoms with Crippen LogP contribution in [0.3, 0.4) is 0 Å². The molecule has 0 unspecified atom stereocenters. The molecule has 0 bridgehead atoms. The zero-order chi connectivity index (χ0) is 13.8. The highest BCUT2D eigenvalue weighted by Crippen LogP contribution is 2.09. The van der Waals surface area contributed by atoms with E-state index >= 15 is 0 Å². The van der Waals surface area contributed by atoms with Gasteiger partial charge in [-0.3, -0.25) is 9.48 Å². The summed E-state index contributed by atoms with van der Waals surface area (Å²) in [5.41, 5.74) is 1.79. The number of carbonyl (C=O) groups excluding carboxylic acids is 1. The van der Waals surface area contributed by atoms with E-state index in [0.29, 0.717) is 17.1 Å². The van der Waals surface area contributed by atoms with Crippen molar-refractivity contribution in [1.82, 2.24) is 14.8 Å². The lowest BCUT2D eigenvalue weighted by atomic mass is 10.3. The van der Waals surface area contributed by atoms with Crippen LogP contribution in [0.1, 0.15) is 28.7 Å². The van der Waals surface area contributed by atoms with Gasteiger partial charge in [0.1, 0.15) is 17.6 Å². The van der Waals surface area contributed by atoms with E-state index in [2.05, 4.69) is 15.4 Å². The molecule has 19 heavy (non-hydrogen) atoms. The first-order chi connectivity index (χ1) is 9.13. The van der Waals surface area contributed by atoms with Crippen molar-refractivity contribution < 1.29 is 4.79 Å². The largest absolute Gasteiger partial charge is 0.305 e. The van der Waals surface area contributed by atoms with Crippen LogP contribution in [0.4, 0.5) is 5.82 Å². The Bertz CT molecular complexity index is 636. The van der Waals surface area contributed by atoms with Crippen LogP contribution in [-0.2, 0) is 13.5 Å². The Balaban J connectivity index is 2.16. The number of hydrogen-bond acceptors (Lipinski definition) is 4. The molecule has 0 fully saturated rings. The molecule has 2 rings (SSSR count). The molecule has 2 aromatic rings. The lowest BCUT2D eigenvalue weighted by Gasteiger charge is -2.03. The molecule has 0 spiro atoms. The molecular weight excluding hydrogens is 242 g/mol. The number of nitrogens with zero attached hydrogens (tertiary/aromatic N) is 4. The van der Waals surface area contributed by atoms with Gasteiger partial charge in [-0.25, -0.2) is 4.98 Å². The number of hydrogen-bond donors (Lipinski definition) is 1. The van der Waals surface area contributed by atoms with Gasteiger partial charge in [-0.2, -0.15) is 10.4 Å². The van der Waals surface area contributed by atoms with E-state index in [4.69, 9.17) is 5.26 Å². The second-order valence-corrected chi connectivity index (χ2v) is 4.00. The molecule has 6 heteroatoms. The molecule has 0 atom stereocenters. The number of nitriles is 1. The van der Waals surface area contributed by atoms with Gasteiger partial charge in [-0.1, -0.05) is 6.92 Å². The third-order valence-electron chi connectivity index (χ3n) is 2.66. The monoisotopic (exact) mass is 255 g/mol. The van der Waals surface area contributed by atoms with Crippen LogP contribution in [0.25, 0.3) is 0 Å². The number of amides is 1. The van der Waals surface area contributed by atoms with Gasteiger partial charge >= 0.3 is 0 Å². The van der Waals surface area contributed by atoms with Gasteiger partial charge < -0.3 is 5.32 Å². The molecule has 1 N–H and O–H groups in total. The third-order valence-corrected chi connectivity index (χ3v) is 2.66. The summed E-state index contributed by atoms with van der Waals surface area (Å²) in [6.45, 7) is 1.98. The minimum absolute atomic E-state index is 0.271. The molecule has 0 aliphatic heterocycles. The Morgan fingerprint density at radius 3 is 2.84 bits per heavy atom. The Morgan fingerprint density at radius 1 is 1.53 bits per heavy atom. The number of pyridine rings is 1. The van der Waals surface area contributed by atoms with Gasteiger partial charge in [-0.05, 0) is 24.6 Å². The fourth-order valence-electron chi connectivity index (χ4n) is 1.63. The Kier molecular flexibility index (Phi) is 3.57. The molecule has 0 saturated carbocycles. The van der Waals surface area contributed by atoms with Crippen LogP contribution in [0, 0.1) is 11.3 Å². The summed E-state index contributed by atoms with van der Waals surface area (Å²) in [5.74, 6) is 0.134. The Hall–Kier alpha value is -2.68. The zero-order valence-corrected chi connectivity index (χ0v) is 10.7. The normalized spacial score (nSPS) is 9.95. The quantitative estimate of drug-likeness (QED) is 0.900. The first-order valence-electron chi connectivity index (χ1n) is 5.84. The number of nitrogens with one attached hydrogen (secondary N) is 1. The standard InChI is InChI=1S/C13H13N5O/c1-3-10-6-11(18(2)17-10)13(19)16-12-5-4-9(7-14)8-15-12/h4-6,8H,3H2,1-2H3,(H,15,16,19). The first kappa shape index (κ1) is 12.8. The van der Waals surface area contributed by atoms with Crippen LogP contribution in [0.15, 0.2) is 24.4 Å². The molecule has 0 saturated heterocycles. The zero-order valence-electron chi connectivity index (χ0n) is 10.7. The average molecular weight is 255 g/mol. The lowest BCUT2D eigenvalue weighted by molar-refractivity contribution is 0.101. The van der Waals surface area contributed by atoms with Crippen molar-refractivity contribution in [1.29, 1.82) is 5.26 Å². The summed E-state index contributed by atoms with van der Waals surface area (Å²) in [6.07, 6.45) is 2.19. The molecular formula is C13H13N5O. The number of aromatic nitrogens is 3.